The number of hydrogen-bond donors (Lipinski definition) is 3. The number of amides is 3. The van der Waals surface area contributed by atoms with Gasteiger partial charge in [0.25, 0.3) is 0 Å². The zero-order chi connectivity index (χ0) is 15.4. The summed E-state index contributed by atoms with van der Waals surface area (Å²) in [6.45, 7) is 6.09. The van der Waals surface area contributed by atoms with Crippen LogP contribution in [0.1, 0.15) is 46.5 Å². The molecule has 3 N–H and O–H groups in total. The summed E-state index contributed by atoms with van der Waals surface area (Å²) in [4.78, 5) is 33.5. The highest BCUT2D eigenvalue weighted by Crippen LogP contribution is 2.10. The van der Waals surface area contributed by atoms with Gasteiger partial charge in [0.2, 0.25) is 17.7 Å². The van der Waals surface area contributed by atoms with Crippen molar-refractivity contribution in [3.63, 3.8) is 0 Å². The number of carbonyl (C=O) groups is 3. The molecule has 0 aliphatic heterocycles. The average Bonchev–Trinajstić information content (AvgIpc) is 2.43. The minimum atomic E-state index is -0.367. The summed E-state index contributed by atoms with van der Waals surface area (Å²) in [7, 11) is 0. The molecular weight excluding hydrogens is 258 g/mol. The molecular formula is C14H27N3O3. The smallest absolute Gasteiger partial charge is 0.239 e. The van der Waals surface area contributed by atoms with Gasteiger partial charge in [-0.3, -0.25) is 14.4 Å². The van der Waals surface area contributed by atoms with E-state index in [1.807, 2.05) is 0 Å². The van der Waals surface area contributed by atoms with Crippen LogP contribution in [0.3, 0.4) is 0 Å². The number of unbranched alkanes of at least 4 members (excludes halogenated alkanes) is 1. The number of rotatable bonds is 10. The summed E-state index contributed by atoms with van der Waals surface area (Å²) in [6, 6.07) is 0. The molecule has 0 aromatic carbocycles. The first-order chi connectivity index (χ1) is 9.49. The van der Waals surface area contributed by atoms with E-state index in [1.165, 1.54) is 13.3 Å². The second kappa shape index (κ2) is 11.3. The average molecular weight is 285 g/mol. The molecule has 1 unspecified atom stereocenters. The third-order valence-electron chi connectivity index (χ3n) is 3.08. The first-order valence-corrected chi connectivity index (χ1v) is 7.27. The Labute approximate surface area is 121 Å². The SMILES string of the molecule is CCCCC(CC)CNC(=O)CNC(=O)CNC(C)=O. The van der Waals surface area contributed by atoms with E-state index in [2.05, 4.69) is 29.8 Å². The highest BCUT2D eigenvalue weighted by atomic mass is 16.2. The van der Waals surface area contributed by atoms with Crippen molar-refractivity contribution in [2.45, 2.75) is 46.5 Å². The lowest BCUT2D eigenvalue weighted by molar-refractivity contribution is -0.127. The highest BCUT2D eigenvalue weighted by molar-refractivity contribution is 5.87. The summed E-state index contributed by atoms with van der Waals surface area (Å²) in [5.74, 6) is -0.343. The van der Waals surface area contributed by atoms with Crippen molar-refractivity contribution >= 4 is 17.7 Å². The number of carbonyl (C=O) groups excluding carboxylic acids is 3. The van der Waals surface area contributed by atoms with Crippen molar-refractivity contribution in [3.05, 3.63) is 0 Å². The molecule has 0 saturated carbocycles. The molecule has 0 bridgehead atoms. The molecule has 116 valence electrons. The Hall–Kier alpha value is -1.59. The fourth-order valence-electron chi connectivity index (χ4n) is 1.71. The Balaban J connectivity index is 3.76. The molecule has 0 radical (unpaired) electrons. The molecule has 6 nitrogen and oxygen atoms in total. The molecule has 1 atom stereocenters. The van der Waals surface area contributed by atoms with Gasteiger partial charge in [0, 0.05) is 13.5 Å². The van der Waals surface area contributed by atoms with Gasteiger partial charge in [-0.05, 0) is 12.3 Å². The van der Waals surface area contributed by atoms with Gasteiger partial charge in [-0.1, -0.05) is 33.1 Å². The molecule has 20 heavy (non-hydrogen) atoms. The van der Waals surface area contributed by atoms with Crippen molar-refractivity contribution in [3.8, 4) is 0 Å². The molecule has 0 fully saturated rings. The van der Waals surface area contributed by atoms with Crippen LogP contribution >= 0.6 is 0 Å². The number of hydrogen-bond acceptors (Lipinski definition) is 3. The van der Waals surface area contributed by atoms with Gasteiger partial charge < -0.3 is 16.0 Å². The minimum Gasteiger partial charge on any atom is -0.354 e. The van der Waals surface area contributed by atoms with Gasteiger partial charge in [-0.2, -0.15) is 0 Å². The summed E-state index contributed by atoms with van der Waals surface area (Å²) < 4.78 is 0. The standard InChI is InChI=1S/C14H27N3O3/c1-4-6-7-12(5-2)8-16-14(20)10-17-13(19)9-15-11(3)18/h12H,4-10H2,1-3H3,(H,15,18)(H,16,20)(H,17,19). The molecule has 0 aromatic heterocycles. The Bertz CT molecular complexity index is 319. The Kier molecular flexibility index (Phi) is 10.4. The fourth-order valence-corrected chi connectivity index (χ4v) is 1.71. The van der Waals surface area contributed by atoms with Crippen molar-refractivity contribution in [1.82, 2.24) is 16.0 Å². The lowest BCUT2D eigenvalue weighted by Gasteiger charge is -2.15. The summed E-state index contributed by atoms with van der Waals surface area (Å²) in [5.41, 5.74) is 0. The van der Waals surface area contributed by atoms with Crippen molar-refractivity contribution < 1.29 is 14.4 Å². The molecule has 0 aromatic rings. The van der Waals surface area contributed by atoms with Gasteiger partial charge >= 0.3 is 0 Å². The van der Waals surface area contributed by atoms with Gasteiger partial charge in [0.15, 0.2) is 0 Å². The van der Waals surface area contributed by atoms with Crippen LogP contribution < -0.4 is 16.0 Å². The van der Waals surface area contributed by atoms with Crippen LogP contribution in [0.2, 0.25) is 0 Å². The van der Waals surface area contributed by atoms with Crippen molar-refractivity contribution in [1.29, 1.82) is 0 Å². The van der Waals surface area contributed by atoms with Crippen LogP contribution in [-0.4, -0.2) is 37.4 Å². The molecule has 0 aliphatic carbocycles. The zero-order valence-corrected chi connectivity index (χ0v) is 12.8. The van der Waals surface area contributed by atoms with E-state index in [4.69, 9.17) is 0 Å². The first-order valence-electron chi connectivity index (χ1n) is 7.27. The van der Waals surface area contributed by atoms with E-state index < -0.39 is 0 Å². The van der Waals surface area contributed by atoms with Gasteiger partial charge in [-0.15, -0.1) is 0 Å². The molecule has 0 saturated heterocycles. The van der Waals surface area contributed by atoms with Crippen molar-refractivity contribution in [2.24, 2.45) is 5.92 Å². The molecule has 6 heteroatoms. The Morgan fingerprint density at radius 1 is 0.950 bits per heavy atom. The maximum atomic E-state index is 11.6. The quantitative estimate of drug-likeness (QED) is 0.548. The maximum Gasteiger partial charge on any atom is 0.239 e. The third kappa shape index (κ3) is 10.3. The van der Waals surface area contributed by atoms with E-state index in [1.54, 1.807) is 0 Å². The van der Waals surface area contributed by atoms with Crippen LogP contribution in [0.5, 0.6) is 0 Å². The third-order valence-corrected chi connectivity index (χ3v) is 3.08. The molecule has 3 amide bonds. The van der Waals surface area contributed by atoms with E-state index in [9.17, 15) is 14.4 Å². The first kappa shape index (κ1) is 18.4. The van der Waals surface area contributed by atoms with Crippen LogP contribution in [0, 0.1) is 5.92 Å². The summed E-state index contributed by atoms with van der Waals surface area (Å²) >= 11 is 0. The predicted molar refractivity (Wildman–Crippen MR) is 78.0 cm³/mol. The molecule has 0 heterocycles. The molecule has 0 spiro atoms. The van der Waals surface area contributed by atoms with E-state index >= 15 is 0 Å². The topological polar surface area (TPSA) is 87.3 Å². The largest absolute Gasteiger partial charge is 0.354 e. The maximum absolute atomic E-state index is 11.6. The van der Waals surface area contributed by atoms with Crippen LogP contribution in [0.15, 0.2) is 0 Å². The Morgan fingerprint density at radius 2 is 1.55 bits per heavy atom. The van der Waals surface area contributed by atoms with E-state index in [0.717, 1.165) is 19.3 Å². The lowest BCUT2D eigenvalue weighted by Crippen LogP contribution is -2.42. The zero-order valence-electron chi connectivity index (χ0n) is 12.8. The van der Waals surface area contributed by atoms with Crippen LogP contribution in [0.4, 0.5) is 0 Å². The van der Waals surface area contributed by atoms with E-state index in [-0.39, 0.29) is 30.8 Å². The number of nitrogens with one attached hydrogen (secondary N) is 3. The van der Waals surface area contributed by atoms with Gasteiger partial charge in [-0.25, -0.2) is 0 Å². The van der Waals surface area contributed by atoms with Gasteiger partial charge in [0.1, 0.15) is 0 Å². The van der Waals surface area contributed by atoms with Crippen LogP contribution in [-0.2, 0) is 14.4 Å². The molecule has 0 aliphatic rings. The highest BCUT2D eigenvalue weighted by Gasteiger charge is 2.09. The van der Waals surface area contributed by atoms with Crippen molar-refractivity contribution in [2.75, 3.05) is 19.6 Å². The lowest BCUT2D eigenvalue weighted by atomic mass is 9.99. The monoisotopic (exact) mass is 285 g/mol. The second-order valence-corrected chi connectivity index (χ2v) is 4.91. The van der Waals surface area contributed by atoms with Gasteiger partial charge in [0.05, 0.1) is 13.1 Å². The summed E-state index contributed by atoms with van der Waals surface area (Å²) in [6.07, 6.45) is 4.48. The molecule has 0 rings (SSSR count). The van der Waals surface area contributed by atoms with Crippen LogP contribution in [0.25, 0.3) is 0 Å². The normalized spacial score (nSPS) is 11.6. The Morgan fingerprint density at radius 3 is 2.10 bits per heavy atom. The fraction of sp³-hybridized carbons (Fsp3) is 0.786. The summed E-state index contributed by atoms with van der Waals surface area (Å²) in [5, 5.41) is 7.65. The second-order valence-electron chi connectivity index (χ2n) is 4.91. The van der Waals surface area contributed by atoms with E-state index in [0.29, 0.717) is 12.5 Å². The predicted octanol–water partition coefficient (Wildman–Crippen LogP) is 0.571. The minimum absolute atomic E-state index is 0.0529.